The van der Waals surface area contributed by atoms with Crippen LogP contribution >= 0.6 is 0 Å². The van der Waals surface area contributed by atoms with E-state index in [9.17, 15) is 0 Å². The van der Waals surface area contributed by atoms with Gasteiger partial charge in [0.15, 0.2) is 0 Å². The zero-order valence-electron chi connectivity index (χ0n) is 6.26. The summed E-state index contributed by atoms with van der Waals surface area (Å²) in [5, 5.41) is 0. The number of nitrogens with zero attached hydrogens (tertiary/aromatic N) is 1. The van der Waals surface area contributed by atoms with Crippen molar-refractivity contribution in [1.29, 1.82) is 0 Å². The van der Waals surface area contributed by atoms with Gasteiger partial charge in [0.2, 0.25) is 0 Å². The molecule has 1 fully saturated rings. The Balaban J connectivity index is 2.14. The summed E-state index contributed by atoms with van der Waals surface area (Å²) in [6, 6.07) is 0. The normalized spacial score (nSPS) is 29.3. The predicted molar refractivity (Wildman–Crippen MR) is 37.5 cm³/mol. The molecule has 1 rings (SSSR count). The van der Waals surface area contributed by atoms with Crippen LogP contribution < -0.4 is 0 Å². The minimum absolute atomic E-state index is 0.792. The Hall–Kier alpha value is -0.0800. The summed E-state index contributed by atoms with van der Waals surface area (Å²) in [7, 11) is 3.94. The quantitative estimate of drug-likeness (QED) is 0.541. The van der Waals surface area contributed by atoms with Gasteiger partial charge < -0.3 is 9.64 Å². The number of hydrogen-bond donors (Lipinski definition) is 0. The average Bonchev–Trinajstić information content (AvgIpc) is 2.17. The molecule has 0 N–H and O–H groups in total. The lowest BCUT2D eigenvalue weighted by Gasteiger charge is -2.07. The van der Waals surface area contributed by atoms with Crippen LogP contribution in [0.25, 0.3) is 0 Å². The van der Waals surface area contributed by atoms with E-state index in [1.54, 1.807) is 7.11 Å². The SMILES string of the molecule is COC[C@@H]1CCN(C)C1. The molecule has 2 nitrogen and oxygen atoms in total. The number of likely N-dealkylation sites (tertiary alicyclic amines) is 1. The van der Waals surface area contributed by atoms with Crippen molar-refractivity contribution in [2.75, 3.05) is 33.9 Å². The zero-order chi connectivity index (χ0) is 6.69. The van der Waals surface area contributed by atoms with E-state index >= 15 is 0 Å². The largest absolute Gasteiger partial charge is 0.384 e. The van der Waals surface area contributed by atoms with E-state index in [0.29, 0.717) is 0 Å². The number of rotatable bonds is 2. The molecule has 1 atom stereocenters. The van der Waals surface area contributed by atoms with Crippen LogP contribution in [-0.4, -0.2) is 38.8 Å². The van der Waals surface area contributed by atoms with Gasteiger partial charge in [-0.3, -0.25) is 0 Å². The lowest BCUT2D eigenvalue weighted by molar-refractivity contribution is 0.155. The van der Waals surface area contributed by atoms with Gasteiger partial charge in [0, 0.05) is 13.7 Å². The van der Waals surface area contributed by atoms with E-state index in [2.05, 4.69) is 11.9 Å². The number of methoxy groups -OCH3 is 1. The summed E-state index contributed by atoms with van der Waals surface area (Å²) >= 11 is 0. The van der Waals surface area contributed by atoms with E-state index < -0.39 is 0 Å². The van der Waals surface area contributed by atoms with E-state index in [1.807, 2.05) is 0 Å². The first-order valence-electron chi connectivity index (χ1n) is 3.50. The fourth-order valence-electron chi connectivity index (χ4n) is 1.40. The maximum atomic E-state index is 5.05. The Labute approximate surface area is 56.8 Å². The summed E-state index contributed by atoms with van der Waals surface area (Å²) in [4.78, 5) is 2.35. The van der Waals surface area contributed by atoms with Crippen LogP contribution in [0, 0.1) is 5.92 Å². The minimum Gasteiger partial charge on any atom is -0.384 e. The molecule has 0 aromatic carbocycles. The molecule has 0 amide bonds. The highest BCUT2D eigenvalue weighted by atomic mass is 16.5. The van der Waals surface area contributed by atoms with Crippen molar-refractivity contribution in [3.63, 3.8) is 0 Å². The molecule has 2 heteroatoms. The van der Waals surface area contributed by atoms with E-state index in [0.717, 1.165) is 12.5 Å². The molecule has 0 radical (unpaired) electrons. The summed E-state index contributed by atoms with van der Waals surface area (Å²) < 4.78 is 5.05. The second-order valence-electron chi connectivity index (χ2n) is 2.87. The van der Waals surface area contributed by atoms with Gasteiger partial charge in [-0.15, -0.1) is 0 Å². The molecule has 0 unspecified atom stereocenters. The second kappa shape index (κ2) is 3.18. The third kappa shape index (κ3) is 1.95. The van der Waals surface area contributed by atoms with Gasteiger partial charge in [-0.25, -0.2) is 0 Å². The predicted octanol–water partition coefficient (Wildman–Crippen LogP) is 0.585. The van der Waals surface area contributed by atoms with E-state index in [4.69, 9.17) is 4.74 Å². The first-order chi connectivity index (χ1) is 4.33. The van der Waals surface area contributed by atoms with Gasteiger partial charge in [-0.05, 0) is 25.9 Å². The number of hydrogen-bond acceptors (Lipinski definition) is 2. The number of ether oxygens (including phenoxy) is 1. The van der Waals surface area contributed by atoms with Gasteiger partial charge in [0.05, 0.1) is 6.61 Å². The highest BCUT2D eigenvalue weighted by Gasteiger charge is 2.18. The van der Waals surface area contributed by atoms with Crippen LogP contribution in [0.3, 0.4) is 0 Å². The molecule has 1 saturated heterocycles. The molecule has 54 valence electrons. The lowest BCUT2D eigenvalue weighted by Crippen LogP contribution is -2.16. The van der Waals surface area contributed by atoms with E-state index in [-0.39, 0.29) is 0 Å². The van der Waals surface area contributed by atoms with Gasteiger partial charge in [0.25, 0.3) is 0 Å². The van der Waals surface area contributed by atoms with Crippen LogP contribution in [-0.2, 0) is 4.74 Å². The molecule has 1 aliphatic rings. The maximum Gasteiger partial charge on any atom is 0.0503 e. The molecule has 0 aromatic rings. The Morgan fingerprint density at radius 2 is 2.44 bits per heavy atom. The van der Waals surface area contributed by atoms with Crippen LogP contribution in [0.4, 0.5) is 0 Å². The van der Waals surface area contributed by atoms with Crippen molar-refractivity contribution < 1.29 is 4.74 Å². The average molecular weight is 129 g/mol. The summed E-state index contributed by atoms with van der Waals surface area (Å²) in [6.07, 6.45) is 1.31. The monoisotopic (exact) mass is 129 g/mol. The summed E-state index contributed by atoms with van der Waals surface area (Å²) in [5.74, 6) is 0.792. The third-order valence-corrected chi connectivity index (χ3v) is 1.89. The molecule has 0 aliphatic carbocycles. The molecule has 0 aromatic heterocycles. The van der Waals surface area contributed by atoms with Gasteiger partial charge in [0.1, 0.15) is 0 Å². The standard InChI is InChI=1S/C7H15NO/c1-8-4-3-7(5-8)6-9-2/h7H,3-6H2,1-2H3/t7-/m1/s1. The molecule has 0 bridgehead atoms. The topological polar surface area (TPSA) is 12.5 Å². The molecule has 1 heterocycles. The molecule has 9 heavy (non-hydrogen) atoms. The first-order valence-corrected chi connectivity index (χ1v) is 3.50. The summed E-state index contributed by atoms with van der Waals surface area (Å²) in [6.45, 7) is 3.40. The fraction of sp³-hybridized carbons (Fsp3) is 1.00. The Morgan fingerprint density at radius 3 is 2.89 bits per heavy atom. The fourth-order valence-corrected chi connectivity index (χ4v) is 1.40. The van der Waals surface area contributed by atoms with Crippen LogP contribution in [0.1, 0.15) is 6.42 Å². The molecule has 0 saturated carbocycles. The van der Waals surface area contributed by atoms with E-state index in [1.165, 1.54) is 19.5 Å². The van der Waals surface area contributed by atoms with Crippen molar-refractivity contribution in [3.8, 4) is 0 Å². The van der Waals surface area contributed by atoms with Crippen molar-refractivity contribution >= 4 is 0 Å². The van der Waals surface area contributed by atoms with Crippen LogP contribution in [0.5, 0.6) is 0 Å². The first kappa shape index (κ1) is 7.03. The molecular weight excluding hydrogens is 114 g/mol. The Bertz CT molecular complexity index is 83.0. The maximum absolute atomic E-state index is 5.05. The Morgan fingerprint density at radius 1 is 1.67 bits per heavy atom. The van der Waals surface area contributed by atoms with Crippen molar-refractivity contribution in [2.24, 2.45) is 5.92 Å². The minimum atomic E-state index is 0.792. The van der Waals surface area contributed by atoms with Crippen molar-refractivity contribution in [3.05, 3.63) is 0 Å². The molecule has 0 spiro atoms. The molecular formula is C7H15NO. The van der Waals surface area contributed by atoms with Crippen molar-refractivity contribution in [2.45, 2.75) is 6.42 Å². The molecule has 1 aliphatic heterocycles. The zero-order valence-corrected chi connectivity index (χ0v) is 6.26. The lowest BCUT2D eigenvalue weighted by atomic mass is 10.1. The van der Waals surface area contributed by atoms with Gasteiger partial charge in [-0.1, -0.05) is 0 Å². The van der Waals surface area contributed by atoms with Gasteiger partial charge >= 0.3 is 0 Å². The summed E-state index contributed by atoms with van der Waals surface area (Å²) in [5.41, 5.74) is 0. The highest BCUT2D eigenvalue weighted by Crippen LogP contribution is 2.13. The highest BCUT2D eigenvalue weighted by molar-refractivity contribution is 4.71. The Kier molecular flexibility index (Phi) is 2.49. The second-order valence-corrected chi connectivity index (χ2v) is 2.87. The smallest absolute Gasteiger partial charge is 0.0503 e. The van der Waals surface area contributed by atoms with Crippen LogP contribution in [0.15, 0.2) is 0 Å². The van der Waals surface area contributed by atoms with Gasteiger partial charge in [-0.2, -0.15) is 0 Å². The van der Waals surface area contributed by atoms with Crippen molar-refractivity contribution in [1.82, 2.24) is 4.90 Å². The third-order valence-electron chi connectivity index (χ3n) is 1.89. The van der Waals surface area contributed by atoms with Crippen LogP contribution in [0.2, 0.25) is 0 Å².